The van der Waals surface area contributed by atoms with E-state index in [2.05, 4.69) is 5.32 Å². The first-order valence-corrected chi connectivity index (χ1v) is 11.0. The smallest absolute Gasteiger partial charge is 0.235 e. The van der Waals surface area contributed by atoms with Crippen LogP contribution < -0.4 is 5.32 Å². The highest BCUT2D eigenvalue weighted by Gasteiger charge is 2.22. The van der Waals surface area contributed by atoms with Gasteiger partial charge in [-0.15, -0.1) is 0 Å². The molecule has 1 N–H and O–H groups in total. The second-order valence-corrected chi connectivity index (χ2v) is 9.00. The normalized spacial score (nSPS) is 12.7. The van der Waals surface area contributed by atoms with E-state index in [1.54, 1.807) is 24.3 Å². The molecular weight excluding hydrogens is 384 g/mol. The van der Waals surface area contributed by atoms with Crippen LogP contribution in [0, 0.1) is 0 Å². The van der Waals surface area contributed by atoms with E-state index >= 15 is 0 Å². The van der Waals surface area contributed by atoms with Crippen LogP contribution >= 0.6 is 11.6 Å². The van der Waals surface area contributed by atoms with E-state index in [1.165, 1.54) is 5.56 Å². The molecule has 0 saturated heterocycles. The zero-order valence-corrected chi connectivity index (χ0v) is 17.1. The van der Waals surface area contributed by atoms with Crippen molar-refractivity contribution in [2.45, 2.75) is 32.4 Å². The third kappa shape index (κ3) is 7.33. The number of aryl methyl sites for hydroxylation is 1. The summed E-state index contributed by atoms with van der Waals surface area (Å²) in [6.45, 7) is 1.74. The maximum atomic E-state index is 12.3. The monoisotopic (exact) mass is 408 g/mol. The molecule has 5 nitrogen and oxygen atoms in total. The molecule has 0 radical (unpaired) electrons. The van der Waals surface area contributed by atoms with Gasteiger partial charge in [-0.05, 0) is 37.0 Å². The molecule has 7 heteroatoms. The molecule has 0 aliphatic rings. The van der Waals surface area contributed by atoms with Crippen molar-refractivity contribution < 1.29 is 13.2 Å². The summed E-state index contributed by atoms with van der Waals surface area (Å²) in [5, 5.41) is 3.35. The molecule has 0 aromatic heterocycles. The molecule has 146 valence electrons. The molecule has 1 amide bonds. The van der Waals surface area contributed by atoms with Gasteiger partial charge in [-0.3, -0.25) is 4.79 Å². The van der Waals surface area contributed by atoms with Gasteiger partial charge < -0.3 is 5.32 Å². The first kappa shape index (κ1) is 21.4. The third-order valence-electron chi connectivity index (χ3n) is 4.21. The predicted molar refractivity (Wildman–Crippen MR) is 109 cm³/mol. The Kier molecular flexibility index (Phi) is 7.83. The fourth-order valence-corrected chi connectivity index (χ4v) is 3.61. The summed E-state index contributed by atoms with van der Waals surface area (Å²) in [7, 11) is -3.55. The topological polar surface area (TPSA) is 66.5 Å². The van der Waals surface area contributed by atoms with Crippen molar-refractivity contribution in [3.8, 4) is 0 Å². The minimum atomic E-state index is -3.55. The second-order valence-electron chi connectivity index (χ2n) is 6.62. The summed E-state index contributed by atoms with van der Waals surface area (Å²) in [4.78, 5) is 12.3. The Balaban J connectivity index is 1.92. The maximum Gasteiger partial charge on any atom is 0.235 e. The molecule has 1 unspecified atom stereocenters. The Morgan fingerprint density at radius 2 is 1.74 bits per heavy atom. The van der Waals surface area contributed by atoms with Gasteiger partial charge in [0.15, 0.2) is 0 Å². The predicted octanol–water partition coefficient (Wildman–Crippen LogP) is 3.24. The molecule has 2 rings (SSSR count). The van der Waals surface area contributed by atoms with Gasteiger partial charge in [-0.25, -0.2) is 8.42 Å². The number of rotatable bonds is 9. The van der Waals surface area contributed by atoms with Crippen LogP contribution in [-0.4, -0.2) is 37.5 Å². The van der Waals surface area contributed by atoms with Gasteiger partial charge in [0.25, 0.3) is 0 Å². The van der Waals surface area contributed by atoms with Gasteiger partial charge >= 0.3 is 0 Å². The summed E-state index contributed by atoms with van der Waals surface area (Å²) < 4.78 is 25.3. The van der Waals surface area contributed by atoms with Crippen molar-refractivity contribution in [3.05, 3.63) is 70.7 Å². The highest BCUT2D eigenvalue weighted by molar-refractivity contribution is 7.88. The van der Waals surface area contributed by atoms with Crippen LogP contribution in [0.1, 0.15) is 24.5 Å². The lowest BCUT2D eigenvalue weighted by atomic mass is 10.1. The number of carbonyl (C=O) groups is 1. The molecule has 2 aromatic rings. The molecule has 0 aliphatic carbocycles. The average Bonchev–Trinajstić information content (AvgIpc) is 2.61. The van der Waals surface area contributed by atoms with Gasteiger partial charge in [0.1, 0.15) is 0 Å². The lowest BCUT2D eigenvalue weighted by molar-refractivity contribution is -0.122. The summed E-state index contributed by atoms with van der Waals surface area (Å²) in [6.07, 6.45) is 2.72. The van der Waals surface area contributed by atoms with Crippen LogP contribution in [0.4, 0.5) is 0 Å². The van der Waals surface area contributed by atoms with Gasteiger partial charge in [-0.2, -0.15) is 4.31 Å². The number of halogens is 1. The number of nitrogens with zero attached hydrogens (tertiary/aromatic N) is 1. The Bertz CT molecular complexity index is 857. The number of amides is 1. The van der Waals surface area contributed by atoms with Crippen molar-refractivity contribution in [1.29, 1.82) is 0 Å². The molecule has 1 atom stereocenters. The maximum absolute atomic E-state index is 12.3. The summed E-state index contributed by atoms with van der Waals surface area (Å²) in [6, 6.07) is 17.0. The van der Waals surface area contributed by atoms with E-state index in [0.717, 1.165) is 23.4 Å². The largest absolute Gasteiger partial charge is 0.352 e. The Morgan fingerprint density at radius 1 is 1.11 bits per heavy atom. The van der Waals surface area contributed by atoms with Gasteiger partial charge in [0.05, 0.1) is 12.8 Å². The van der Waals surface area contributed by atoms with E-state index in [4.69, 9.17) is 11.6 Å². The summed E-state index contributed by atoms with van der Waals surface area (Å²) >= 11 is 6.12. The molecule has 0 bridgehead atoms. The SMILES string of the molecule is CC(CCc1ccccc1)NC(=O)CN(Cc1ccccc1Cl)S(C)(=O)=O. The van der Waals surface area contributed by atoms with Crippen LogP contribution in [0.15, 0.2) is 54.6 Å². The minimum Gasteiger partial charge on any atom is -0.352 e. The van der Waals surface area contributed by atoms with Gasteiger partial charge in [0.2, 0.25) is 15.9 Å². The van der Waals surface area contributed by atoms with E-state index in [0.29, 0.717) is 10.6 Å². The highest BCUT2D eigenvalue weighted by atomic mass is 35.5. The first-order chi connectivity index (χ1) is 12.8. The Labute approximate surface area is 166 Å². The number of carbonyl (C=O) groups excluding carboxylic acids is 1. The molecule has 2 aromatic carbocycles. The standard InChI is InChI=1S/C20H25ClN2O3S/c1-16(12-13-17-8-4-3-5-9-17)22-20(24)15-23(27(2,25)26)14-18-10-6-7-11-19(18)21/h3-11,16H,12-15H2,1-2H3,(H,22,24). The van der Waals surface area contributed by atoms with E-state index < -0.39 is 10.0 Å². The van der Waals surface area contributed by atoms with Crippen LogP contribution in [0.3, 0.4) is 0 Å². The van der Waals surface area contributed by atoms with E-state index in [-0.39, 0.29) is 25.0 Å². The average molecular weight is 409 g/mol. The van der Waals surface area contributed by atoms with Crippen LogP contribution in [-0.2, 0) is 27.8 Å². The Morgan fingerprint density at radius 3 is 2.37 bits per heavy atom. The fourth-order valence-electron chi connectivity index (χ4n) is 2.69. The van der Waals surface area contributed by atoms with Crippen LogP contribution in [0.25, 0.3) is 0 Å². The Hall–Kier alpha value is -1.89. The first-order valence-electron chi connectivity index (χ1n) is 8.77. The lowest BCUT2D eigenvalue weighted by Crippen LogP contribution is -2.43. The fraction of sp³-hybridized carbons (Fsp3) is 0.350. The van der Waals surface area contributed by atoms with Crippen molar-refractivity contribution in [1.82, 2.24) is 9.62 Å². The van der Waals surface area contributed by atoms with E-state index in [1.807, 2.05) is 37.3 Å². The zero-order chi connectivity index (χ0) is 19.9. The second kappa shape index (κ2) is 9.88. The van der Waals surface area contributed by atoms with Crippen molar-refractivity contribution in [3.63, 3.8) is 0 Å². The quantitative estimate of drug-likeness (QED) is 0.692. The highest BCUT2D eigenvalue weighted by Crippen LogP contribution is 2.18. The van der Waals surface area contributed by atoms with Gasteiger partial charge in [0, 0.05) is 17.6 Å². The van der Waals surface area contributed by atoms with Crippen molar-refractivity contribution in [2.24, 2.45) is 0 Å². The zero-order valence-electron chi connectivity index (χ0n) is 15.6. The van der Waals surface area contributed by atoms with Crippen molar-refractivity contribution in [2.75, 3.05) is 12.8 Å². The molecule has 0 aliphatic heterocycles. The van der Waals surface area contributed by atoms with Crippen LogP contribution in [0.2, 0.25) is 5.02 Å². The van der Waals surface area contributed by atoms with E-state index in [9.17, 15) is 13.2 Å². The molecule has 0 heterocycles. The number of hydrogen-bond donors (Lipinski definition) is 1. The summed E-state index contributed by atoms with van der Waals surface area (Å²) in [5.74, 6) is -0.326. The number of benzene rings is 2. The third-order valence-corrected chi connectivity index (χ3v) is 5.77. The summed E-state index contributed by atoms with van der Waals surface area (Å²) in [5.41, 5.74) is 1.87. The number of hydrogen-bond acceptors (Lipinski definition) is 3. The van der Waals surface area contributed by atoms with Crippen molar-refractivity contribution >= 4 is 27.5 Å². The molecule has 0 spiro atoms. The molecule has 0 fully saturated rings. The number of sulfonamides is 1. The molecular formula is C20H25ClN2O3S. The number of nitrogens with one attached hydrogen (secondary N) is 1. The lowest BCUT2D eigenvalue weighted by Gasteiger charge is -2.21. The molecule has 27 heavy (non-hydrogen) atoms. The van der Waals surface area contributed by atoms with Crippen LogP contribution in [0.5, 0.6) is 0 Å². The minimum absolute atomic E-state index is 0.0561. The molecule has 0 saturated carbocycles. The van der Waals surface area contributed by atoms with Gasteiger partial charge in [-0.1, -0.05) is 60.1 Å².